The van der Waals surface area contributed by atoms with E-state index in [1.807, 2.05) is 44.2 Å². The number of anilines is 2. The summed E-state index contributed by atoms with van der Waals surface area (Å²) in [7, 11) is 0. The summed E-state index contributed by atoms with van der Waals surface area (Å²) in [6.45, 7) is 4.87. The van der Waals surface area contributed by atoms with Crippen molar-refractivity contribution in [1.82, 2.24) is 4.90 Å². The standard InChI is InChI=1S/C25H25N3O4/c1-3-28(4-2)25(31)32-22-16-12-19(13-17-22)24(30)27-21-14-10-18(11-15-21)23(29)26-20-8-6-5-7-9-20/h5-17H,3-4H2,1-2H3,(H,26,29)(H,27,30). The minimum Gasteiger partial charge on any atom is -0.410 e. The molecule has 3 aromatic rings. The summed E-state index contributed by atoms with van der Waals surface area (Å²) in [6, 6.07) is 22.1. The van der Waals surface area contributed by atoms with E-state index >= 15 is 0 Å². The molecule has 0 aromatic heterocycles. The molecular formula is C25H25N3O4. The molecule has 0 atom stereocenters. The van der Waals surface area contributed by atoms with Crippen LogP contribution >= 0.6 is 0 Å². The lowest BCUT2D eigenvalue weighted by atomic mass is 10.1. The van der Waals surface area contributed by atoms with Crippen LogP contribution in [0.15, 0.2) is 78.9 Å². The number of ether oxygens (including phenoxy) is 1. The topological polar surface area (TPSA) is 87.7 Å². The van der Waals surface area contributed by atoms with E-state index < -0.39 is 6.09 Å². The van der Waals surface area contributed by atoms with E-state index in [-0.39, 0.29) is 11.8 Å². The summed E-state index contributed by atoms with van der Waals surface area (Å²) in [5.74, 6) is -0.177. The van der Waals surface area contributed by atoms with E-state index in [1.54, 1.807) is 53.4 Å². The van der Waals surface area contributed by atoms with Gasteiger partial charge in [-0.05, 0) is 74.5 Å². The molecule has 0 heterocycles. The molecule has 0 saturated carbocycles. The normalized spacial score (nSPS) is 10.2. The van der Waals surface area contributed by atoms with Crippen molar-refractivity contribution in [3.05, 3.63) is 90.0 Å². The molecule has 0 saturated heterocycles. The van der Waals surface area contributed by atoms with Crippen molar-refractivity contribution in [2.75, 3.05) is 23.7 Å². The second-order valence-corrected chi connectivity index (χ2v) is 6.92. The van der Waals surface area contributed by atoms with E-state index in [0.717, 1.165) is 0 Å². The average molecular weight is 431 g/mol. The van der Waals surface area contributed by atoms with Gasteiger partial charge in [0.25, 0.3) is 11.8 Å². The van der Waals surface area contributed by atoms with Gasteiger partial charge in [0.1, 0.15) is 5.75 Å². The number of benzene rings is 3. The molecule has 164 valence electrons. The van der Waals surface area contributed by atoms with Crippen molar-refractivity contribution in [3.63, 3.8) is 0 Å². The monoisotopic (exact) mass is 431 g/mol. The Morgan fingerprint density at radius 1 is 0.688 bits per heavy atom. The van der Waals surface area contributed by atoms with Gasteiger partial charge in [0.05, 0.1) is 0 Å². The molecule has 0 fully saturated rings. The first-order valence-corrected chi connectivity index (χ1v) is 10.3. The minimum atomic E-state index is -0.427. The van der Waals surface area contributed by atoms with Crippen molar-refractivity contribution >= 4 is 29.3 Å². The Kier molecular flexibility index (Phi) is 7.59. The van der Waals surface area contributed by atoms with Gasteiger partial charge in [-0.3, -0.25) is 9.59 Å². The van der Waals surface area contributed by atoms with Crippen LogP contribution in [0.5, 0.6) is 5.75 Å². The Labute approximate surface area is 187 Å². The van der Waals surface area contributed by atoms with Crippen LogP contribution in [0.1, 0.15) is 34.6 Å². The molecule has 0 aliphatic carbocycles. The van der Waals surface area contributed by atoms with Crippen LogP contribution < -0.4 is 15.4 Å². The van der Waals surface area contributed by atoms with Crippen molar-refractivity contribution in [2.24, 2.45) is 0 Å². The summed E-state index contributed by atoms with van der Waals surface area (Å²) in [4.78, 5) is 38.4. The zero-order valence-electron chi connectivity index (χ0n) is 18.0. The van der Waals surface area contributed by atoms with Crippen LogP contribution in [-0.2, 0) is 0 Å². The molecule has 3 aromatic carbocycles. The third kappa shape index (κ3) is 5.95. The van der Waals surface area contributed by atoms with Crippen molar-refractivity contribution in [3.8, 4) is 5.75 Å². The fraction of sp³-hybridized carbons (Fsp3) is 0.160. The minimum absolute atomic E-state index is 0.232. The Morgan fingerprint density at radius 2 is 1.16 bits per heavy atom. The Morgan fingerprint density at radius 3 is 1.66 bits per heavy atom. The number of nitrogens with zero attached hydrogens (tertiary/aromatic N) is 1. The van der Waals surface area contributed by atoms with Gasteiger partial charge < -0.3 is 20.3 Å². The lowest BCUT2D eigenvalue weighted by Crippen LogP contribution is -2.33. The largest absolute Gasteiger partial charge is 0.415 e. The van der Waals surface area contributed by atoms with Gasteiger partial charge in [-0.25, -0.2) is 4.79 Å². The number of para-hydroxylation sites is 1. The number of nitrogens with one attached hydrogen (secondary N) is 2. The molecule has 3 amide bonds. The molecule has 0 spiro atoms. The first-order valence-electron chi connectivity index (χ1n) is 10.3. The number of carbonyl (C=O) groups excluding carboxylic acids is 3. The van der Waals surface area contributed by atoms with Gasteiger partial charge in [0, 0.05) is 35.6 Å². The van der Waals surface area contributed by atoms with Gasteiger partial charge in [-0.1, -0.05) is 18.2 Å². The van der Waals surface area contributed by atoms with E-state index in [0.29, 0.717) is 41.3 Å². The third-order valence-corrected chi connectivity index (χ3v) is 4.78. The molecule has 7 heteroatoms. The van der Waals surface area contributed by atoms with Crippen LogP contribution in [-0.4, -0.2) is 35.9 Å². The number of carbonyl (C=O) groups is 3. The van der Waals surface area contributed by atoms with Crippen LogP contribution in [0, 0.1) is 0 Å². The third-order valence-electron chi connectivity index (χ3n) is 4.78. The molecular weight excluding hydrogens is 406 g/mol. The summed E-state index contributed by atoms with van der Waals surface area (Å²) in [5, 5.41) is 5.60. The van der Waals surface area contributed by atoms with Crippen molar-refractivity contribution in [1.29, 1.82) is 0 Å². The molecule has 0 bridgehead atoms. The molecule has 32 heavy (non-hydrogen) atoms. The van der Waals surface area contributed by atoms with E-state index in [2.05, 4.69) is 10.6 Å². The van der Waals surface area contributed by atoms with E-state index in [4.69, 9.17) is 4.74 Å². The van der Waals surface area contributed by atoms with Crippen LogP contribution in [0.25, 0.3) is 0 Å². The fourth-order valence-electron chi connectivity index (χ4n) is 2.95. The SMILES string of the molecule is CCN(CC)C(=O)Oc1ccc(C(=O)Nc2ccc(C(=O)Nc3ccccc3)cc2)cc1. The number of hydrogen-bond acceptors (Lipinski definition) is 4. The summed E-state index contributed by atoms with van der Waals surface area (Å²) >= 11 is 0. The second-order valence-electron chi connectivity index (χ2n) is 6.92. The molecule has 7 nitrogen and oxygen atoms in total. The highest BCUT2D eigenvalue weighted by Gasteiger charge is 2.13. The van der Waals surface area contributed by atoms with Crippen molar-refractivity contribution in [2.45, 2.75) is 13.8 Å². The second kappa shape index (κ2) is 10.8. The highest BCUT2D eigenvalue weighted by molar-refractivity contribution is 6.06. The van der Waals surface area contributed by atoms with E-state index in [9.17, 15) is 14.4 Å². The fourth-order valence-corrected chi connectivity index (χ4v) is 2.95. The van der Waals surface area contributed by atoms with Gasteiger partial charge in [0.15, 0.2) is 0 Å². The predicted octanol–water partition coefficient (Wildman–Crippen LogP) is 5.03. The first-order chi connectivity index (χ1) is 15.5. The maximum absolute atomic E-state index is 12.5. The predicted molar refractivity (Wildman–Crippen MR) is 124 cm³/mol. The highest BCUT2D eigenvalue weighted by Crippen LogP contribution is 2.17. The molecule has 0 radical (unpaired) electrons. The Bertz CT molecular complexity index is 1060. The summed E-state index contributed by atoms with van der Waals surface area (Å²) < 4.78 is 5.31. The van der Waals surface area contributed by atoms with Crippen LogP contribution in [0.3, 0.4) is 0 Å². The lowest BCUT2D eigenvalue weighted by molar-refractivity contribution is 0.102. The lowest BCUT2D eigenvalue weighted by Gasteiger charge is -2.17. The summed E-state index contributed by atoms with van der Waals surface area (Å²) in [6.07, 6.45) is -0.427. The quantitative estimate of drug-likeness (QED) is 0.549. The van der Waals surface area contributed by atoms with E-state index in [1.165, 1.54) is 0 Å². The highest BCUT2D eigenvalue weighted by atomic mass is 16.6. The molecule has 3 rings (SSSR count). The maximum Gasteiger partial charge on any atom is 0.415 e. The molecule has 0 aliphatic heterocycles. The number of hydrogen-bond donors (Lipinski definition) is 2. The zero-order chi connectivity index (χ0) is 22.9. The molecule has 0 unspecified atom stereocenters. The van der Waals surface area contributed by atoms with Gasteiger partial charge in [-0.2, -0.15) is 0 Å². The van der Waals surface area contributed by atoms with Gasteiger partial charge in [0.2, 0.25) is 0 Å². The van der Waals surface area contributed by atoms with Crippen molar-refractivity contribution < 1.29 is 19.1 Å². The Balaban J connectivity index is 1.57. The Hall–Kier alpha value is -4.13. The van der Waals surface area contributed by atoms with Crippen LogP contribution in [0.4, 0.5) is 16.2 Å². The average Bonchev–Trinajstić information content (AvgIpc) is 2.81. The van der Waals surface area contributed by atoms with Crippen LogP contribution in [0.2, 0.25) is 0 Å². The molecule has 2 N–H and O–H groups in total. The first kappa shape index (κ1) is 22.6. The molecule has 0 aliphatic rings. The van der Waals surface area contributed by atoms with Gasteiger partial charge in [-0.15, -0.1) is 0 Å². The van der Waals surface area contributed by atoms with Gasteiger partial charge >= 0.3 is 6.09 Å². The smallest absolute Gasteiger partial charge is 0.410 e. The number of rotatable bonds is 7. The zero-order valence-corrected chi connectivity index (χ0v) is 18.0. The summed E-state index contributed by atoms with van der Waals surface area (Å²) in [5.41, 5.74) is 2.16. The number of amides is 3. The maximum atomic E-state index is 12.5.